The van der Waals surface area contributed by atoms with E-state index in [2.05, 4.69) is 37.3 Å². The van der Waals surface area contributed by atoms with Gasteiger partial charge in [-0.3, -0.25) is 9.69 Å². The first-order valence-electron chi connectivity index (χ1n) is 18.1. The number of benzene rings is 3. The molecule has 0 spiro atoms. The Morgan fingerprint density at radius 2 is 1.66 bits per heavy atom. The first kappa shape index (κ1) is 39.1. The van der Waals surface area contributed by atoms with Crippen molar-refractivity contribution in [1.29, 1.82) is 0 Å². The molecule has 0 atom stereocenters. The summed E-state index contributed by atoms with van der Waals surface area (Å²) in [6, 6.07) is 19.1. The van der Waals surface area contributed by atoms with Crippen molar-refractivity contribution in [2.75, 3.05) is 76.4 Å². The van der Waals surface area contributed by atoms with Gasteiger partial charge in [0.2, 0.25) is 11.9 Å². The molecular weight excluding hydrogens is 677 g/mol. The van der Waals surface area contributed by atoms with Crippen LogP contribution in [0.3, 0.4) is 0 Å². The molecule has 2 heterocycles. The van der Waals surface area contributed by atoms with Gasteiger partial charge in [0.25, 0.3) is 0 Å². The third kappa shape index (κ3) is 11.4. The molecule has 1 aromatic heterocycles. The zero-order valence-corrected chi connectivity index (χ0v) is 31.1. The summed E-state index contributed by atoms with van der Waals surface area (Å²) in [4.78, 5) is 41.5. The van der Waals surface area contributed by atoms with Crippen molar-refractivity contribution in [1.82, 2.24) is 25.1 Å². The number of methoxy groups -OCH3 is 1. The van der Waals surface area contributed by atoms with Crippen LogP contribution >= 0.6 is 0 Å². The molecule has 282 valence electrons. The Kier molecular flexibility index (Phi) is 14.5. The number of para-hydroxylation sites is 1. The van der Waals surface area contributed by atoms with E-state index in [4.69, 9.17) is 14.2 Å². The zero-order chi connectivity index (χ0) is 37.6. The molecule has 1 fully saturated rings. The number of amides is 2. The van der Waals surface area contributed by atoms with Gasteiger partial charge in [0, 0.05) is 76.8 Å². The number of hydrogen-bond donors (Lipinski definition) is 2. The number of hydrogen-bond acceptors (Lipinski definition) is 10. The molecule has 0 aliphatic carbocycles. The highest BCUT2D eigenvalue weighted by Crippen LogP contribution is 2.30. The minimum absolute atomic E-state index is 0.0993. The van der Waals surface area contributed by atoms with Gasteiger partial charge in [-0.25, -0.2) is 19.1 Å². The van der Waals surface area contributed by atoms with Crippen LogP contribution in [0.1, 0.15) is 36.5 Å². The molecule has 0 saturated carbocycles. The third-order valence-corrected chi connectivity index (χ3v) is 8.95. The second-order valence-corrected chi connectivity index (χ2v) is 13.0. The van der Waals surface area contributed by atoms with Crippen LogP contribution in [0.5, 0.6) is 11.5 Å². The summed E-state index contributed by atoms with van der Waals surface area (Å²) in [5.74, 6) is 0.379. The first-order chi connectivity index (χ1) is 25.7. The van der Waals surface area contributed by atoms with Crippen LogP contribution in [0.4, 0.5) is 32.3 Å². The van der Waals surface area contributed by atoms with Gasteiger partial charge in [-0.1, -0.05) is 37.3 Å². The molecule has 1 saturated heterocycles. The molecule has 1 aliphatic rings. The normalized spacial score (nSPS) is 13.4. The summed E-state index contributed by atoms with van der Waals surface area (Å²) in [6.07, 6.45) is 2.69. The molecule has 3 aromatic carbocycles. The van der Waals surface area contributed by atoms with Crippen LogP contribution in [0, 0.1) is 19.7 Å². The van der Waals surface area contributed by atoms with Crippen LogP contribution in [0.15, 0.2) is 72.9 Å². The average Bonchev–Trinajstić information content (AvgIpc) is 3.15. The van der Waals surface area contributed by atoms with E-state index in [-0.39, 0.29) is 29.8 Å². The monoisotopic (exact) mass is 727 g/mol. The smallest absolute Gasteiger partial charge is 0.425 e. The van der Waals surface area contributed by atoms with Crippen molar-refractivity contribution in [3.05, 3.63) is 95.4 Å². The van der Waals surface area contributed by atoms with Gasteiger partial charge in [-0.05, 0) is 74.2 Å². The summed E-state index contributed by atoms with van der Waals surface area (Å²) >= 11 is 0. The fourth-order valence-corrected chi connectivity index (χ4v) is 6.11. The molecular formula is C40H50FN7O5. The molecule has 5 rings (SSSR count). The van der Waals surface area contributed by atoms with E-state index >= 15 is 4.39 Å². The number of piperazine rings is 1. The fraction of sp³-hybridized carbons (Fsp3) is 0.400. The number of aromatic nitrogens is 2. The molecule has 2 amide bonds. The van der Waals surface area contributed by atoms with Crippen molar-refractivity contribution in [3.8, 4) is 11.5 Å². The Bertz CT molecular complexity index is 1800. The van der Waals surface area contributed by atoms with Crippen LogP contribution in [-0.4, -0.2) is 97.9 Å². The van der Waals surface area contributed by atoms with Gasteiger partial charge in [0.15, 0.2) is 11.6 Å². The quantitative estimate of drug-likeness (QED) is 0.118. The Hall–Kier alpha value is -5.11. The largest absolute Gasteiger partial charge is 0.489 e. The SMILES string of the molecule is CCCN1CCN(CCOc2ccc(Nc3nccc(N(C(=O)Oc4c(C)cccc4C)c4cccc(CCC(=O)NCCOC)c4)n3)cc2F)CC1. The summed E-state index contributed by atoms with van der Waals surface area (Å²) < 4.78 is 31.9. The third-order valence-electron chi connectivity index (χ3n) is 8.95. The standard InChI is InChI=1S/C40H50FN7O5/c1-5-19-46-20-22-47(23-21-46)24-26-52-35-14-13-32(28-34(35)41)44-39-43-17-16-36(45-39)48(40(50)53-38-29(2)8-6-9-30(38)3)33-11-7-10-31(27-33)12-15-37(49)42-18-25-51-4/h6-11,13-14,16-17,27-28H,5,12,15,18-26H2,1-4H3,(H,42,49)(H,43,44,45). The second kappa shape index (κ2) is 19.6. The van der Waals surface area contributed by atoms with Crippen molar-refractivity contribution in [3.63, 3.8) is 0 Å². The Morgan fingerprint density at radius 1 is 0.925 bits per heavy atom. The highest BCUT2D eigenvalue weighted by atomic mass is 19.1. The lowest BCUT2D eigenvalue weighted by atomic mass is 10.1. The highest BCUT2D eigenvalue weighted by molar-refractivity contribution is 5.96. The number of anilines is 4. The Morgan fingerprint density at radius 3 is 2.38 bits per heavy atom. The summed E-state index contributed by atoms with van der Waals surface area (Å²) in [6.45, 7) is 13.1. The van der Waals surface area contributed by atoms with Crippen molar-refractivity contribution < 1.29 is 28.2 Å². The lowest BCUT2D eigenvalue weighted by Gasteiger charge is -2.34. The number of carbonyl (C=O) groups excluding carboxylic acids is 2. The highest BCUT2D eigenvalue weighted by Gasteiger charge is 2.24. The Balaban J connectivity index is 1.30. The van der Waals surface area contributed by atoms with Crippen LogP contribution in [0.25, 0.3) is 0 Å². The average molecular weight is 728 g/mol. The van der Waals surface area contributed by atoms with Gasteiger partial charge >= 0.3 is 6.09 Å². The molecule has 0 bridgehead atoms. The van der Waals surface area contributed by atoms with E-state index in [9.17, 15) is 9.59 Å². The number of nitrogens with zero attached hydrogens (tertiary/aromatic N) is 5. The van der Waals surface area contributed by atoms with Crippen LogP contribution < -0.4 is 25.0 Å². The number of aryl methyl sites for hydroxylation is 3. The number of halogens is 1. The molecule has 13 heteroatoms. The maximum absolute atomic E-state index is 15.2. The molecule has 1 aliphatic heterocycles. The fourth-order valence-electron chi connectivity index (χ4n) is 6.11. The number of carbonyl (C=O) groups is 2. The molecule has 0 unspecified atom stereocenters. The van der Waals surface area contributed by atoms with Crippen molar-refractivity contribution in [2.24, 2.45) is 0 Å². The van der Waals surface area contributed by atoms with Crippen LogP contribution in [-0.2, 0) is 16.0 Å². The number of rotatable bonds is 17. The van der Waals surface area contributed by atoms with E-state index in [0.717, 1.165) is 62.4 Å². The topological polar surface area (TPSA) is 121 Å². The van der Waals surface area contributed by atoms with Gasteiger partial charge in [0.1, 0.15) is 18.2 Å². The molecule has 2 N–H and O–H groups in total. The summed E-state index contributed by atoms with van der Waals surface area (Å²) in [5, 5.41) is 5.88. The van der Waals surface area contributed by atoms with Gasteiger partial charge in [-0.2, -0.15) is 4.98 Å². The maximum Gasteiger partial charge on any atom is 0.425 e. The van der Waals surface area contributed by atoms with Crippen molar-refractivity contribution in [2.45, 2.75) is 40.0 Å². The minimum Gasteiger partial charge on any atom is -0.489 e. The molecule has 12 nitrogen and oxygen atoms in total. The number of ether oxygens (including phenoxy) is 3. The van der Waals surface area contributed by atoms with E-state index < -0.39 is 11.9 Å². The van der Waals surface area contributed by atoms with Crippen LogP contribution in [0.2, 0.25) is 0 Å². The molecule has 53 heavy (non-hydrogen) atoms. The predicted octanol–water partition coefficient (Wildman–Crippen LogP) is 6.41. The number of nitrogens with one attached hydrogen (secondary N) is 2. The van der Waals surface area contributed by atoms with Gasteiger partial charge < -0.3 is 29.7 Å². The van der Waals surface area contributed by atoms with E-state index in [0.29, 0.717) is 43.3 Å². The van der Waals surface area contributed by atoms with E-state index in [1.165, 1.54) is 17.2 Å². The van der Waals surface area contributed by atoms with E-state index in [1.807, 2.05) is 50.2 Å². The van der Waals surface area contributed by atoms with Gasteiger partial charge in [0.05, 0.1) is 12.3 Å². The van der Waals surface area contributed by atoms with Crippen molar-refractivity contribution >= 4 is 35.1 Å². The summed E-state index contributed by atoms with van der Waals surface area (Å²) in [5.41, 5.74) is 3.34. The predicted molar refractivity (Wildman–Crippen MR) is 204 cm³/mol. The first-order valence-corrected chi connectivity index (χ1v) is 18.1. The molecule has 0 radical (unpaired) electrons. The molecule has 4 aromatic rings. The second-order valence-electron chi connectivity index (χ2n) is 13.0. The summed E-state index contributed by atoms with van der Waals surface area (Å²) in [7, 11) is 1.58. The minimum atomic E-state index is -0.683. The zero-order valence-electron chi connectivity index (χ0n) is 31.1. The lowest BCUT2D eigenvalue weighted by molar-refractivity contribution is -0.121. The van der Waals surface area contributed by atoms with E-state index in [1.54, 1.807) is 31.4 Å². The Labute approximate surface area is 311 Å². The maximum atomic E-state index is 15.2. The van der Waals surface area contributed by atoms with Gasteiger partial charge in [-0.15, -0.1) is 0 Å². The lowest BCUT2D eigenvalue weighted by Crippen LogP contribution is -2.47.